The smallest absolute Gasteiger partial charge is 0.330 e. The molecule has 22 heteroatoms. The molecule has 0 rings (SSSR count). The molecule has 22 nitrogen and oxygen atoms in total. The van der Waals surface area contributed by atoms with Gasteiger partial charge in [-0.2, -0.15) is 0 Å². The molecule has 0 saturated heterocycles. The van der Waals surface area contributed by atoms with Gasteiger partial charge in [-0.25, -0.2) is 4.79 Å². The molecule has 4 unspecified atom stereocenters. The van der Waals surface area contributed by atoms with Crippen LogP contribution in [-0.2, 0) is 85.7 Å². The number of esters is 3. The summed E-state index contributed by atoms with van der Waals surface area (Å²) in [5.74, 6) is -3.90. The van der Waals surface area contributed by atoms with Gasteiger partial charge in [-0.1, -0.05) is 25.8 Å². The minimum absolute atomic E-state index is 0.0210. The number of ether oxygens (including phenoxy) is 11. The summed E-state index contributed by atoms with van der Waals surface area (Å²) in [7, 11) is 0. The maximum Gasteiger partial charge on any atom is 0.330 e. The van der Waals surface area contributed by atoms with E-state index in [4.69, 9.17) is 52.1 Å². The Bertz CT molecular complexity index is 1380. The van der Waals surface area contributed by atoms with E-state index in [9.17, 15) is 33.6 Å². The van der Waals surface area contributed by atoms with Crippen LogP contribution in [0.15, 0.2) is 51.0 Å². The fraction of sp³-hybridized carbons (Fsp3) is 0.634. The summed E-state index contributed by atoms with van der Waals surface area (Å²) in [6, 6.07) is -2.77. The van der Waals surface area contributed by atoms with Crippen LogP contribution >= 0.6 is 0 Å². The van der Waals surface area contributed by atoms with E-state index in [0.29, 0.717) is 12.8 Å². The van der Waals surface area contributed by atoms with Gasteiger partial charge < -0.3 is 73.4 Å². The van der Waals surface area contributed by atoms with Gasteiger partial charge in [0.05, 0.1) is 88.5 Å². The van der Waals surface area contributed by atoms with Crippen LogP contribution in [0, 0.1) is 5.41 Å². The van der Waals surface area contributed by atoms with Crippen molar-refractivity contribution < 1.29 is 85.7 Å². The topological polar surface area (TPSA) is 269 Å². The number of amides is 4. The molecule has 4 atom stereocenters. The van der Waals surface area contributed by atoms with Crippen molar-refractivity contribution in [3.8, 4) is 0 Å². The van der Waals surface area contributed by atoms with Crippen molar-refractivity contribution >= 4 is 41.5 Å². The lowest BCUT2D eigenvalue weighted by Gasteiger charge is -2.32. The lowest BCUT2D eigenvalue weighted by molar-refractivity contribution is -0.177. The summed E-state index contributed by atoms with van der Waals surface area (Å²) in [5.41, 5.74) is -1.47. The zero-order valence-electron chi connectivity index (χ0n) is 36.8. The molecule has 0 heterocycles. The molecule has 358 valence electrons. The molecule has 0 fully saturated rings. The van der Waals surface area contributed by atoms with Gasteiger partial charge >= 0.3 is 17.9 Å². The number of hydrogen-bond acceptors (Lipinski definition) is 18. The number of rotatable bonds is 40. The van der Waals surface area contributed by atoms with Crippen molar-refractivity contribution in [1.29, 1.82) is 0 Å². The van der Waals surface area contributed by atoms with Gasteiger partial charge in [0, 0.05) is 39.8 Å². The minimum Gasteiger partial charge on any atom is -0.476 e. The van der Waals surface area contributed by atoms with Gasteiger partial charge in [-0.3, -0.25) is 28.8 Å². The van der Waals surface area contributed by atoms with Crippen molar-refractivity contribution in [2.45, 2.75) is 77.5 Å². The van der Waals surface area contributed by atoms with E-state index in [-0.39, 0.29) is 97.6 Å². The Kier molecular flexibility index (Phi) is 33.0. The average Bonchev–Trinajstić information content (AvgIpc) is 3.21. The Balaban J connectivity index is 6.40. The second-order valence-corrected chi connectivity index (χ2v) is 13.8. The van der Waals surface area contributed by atoms with Crippen LogP contribution in [0.5, 0.6) is 0 Å². The molecule has 0 aliphatic heterocycles. The highest BCUT2D eigenvalue weighted by molar-refractivity contribution is 5.81. The van der Waals surface area contributed by atoms with E-state index in [0.717, 1.165) is 6.08 Å². The molecule has 0 saturated carbocycles. The normalized spacial score (nSPS) is 13.5. The van der Waals surface area contributed by atoms with Gasteiger partial charge in [-0.05, 0) is 12.8 Å². The summed E-state index contributed by atoms with van der Waals surface area (Å²) in [6.45, 7) is 16.0. The summed E-state index contributed by atoms with van der Waals surface area (Å²) in [5, 5.41) is 10.6. The maximum atomic E-state index is 13.3. The molecule has 0 radical (unpaired) electrons. The van der Waals surface area contributed by atoms with E-state index in [2.05, 4.69) is 47.6 Å². The summed E-state index contributed by atoms with van der Waals surface area (Å²) in [6.07, 6.45) is 5.20. The third-order valence-electron chi connectivity index (χ3n) is 7.81. The van der Waals surface area contributed by atoms with E-state index in [1.165, 1.54) is 40.2 Å². The molecule has 4 N–H and O–H groups in total. The second-order valence-electron chi connectivity index (χ2n) is 13.8. The molecule has 0 aliphatic carbocycles. The molecule has 0 aliphatic rings. The first-order valence-corrected chi connectivity index (χ1v) is 19.8. The molecule has 0 bridgehead atoms. The summed E-state index contributed by atoms with van der Waals surface area (Å²) >= 11 is 0. The summed E-state index contributed by atoms with van der Waals surface area (Å²) < 4.78 is 60.1. The number of allylic oxidation sites excluding steroid dienone is 1. The number of nitrogens with one attached hydrogen (secondary N) is 4. The SMILES string of the molecule is C=CCCC(CC(=O)OCC(COCOCC(COCOC=C)NC(C)=O)(COCOCC(COCOC=C)NC(C)=O)COC(=O)CC(COC(=O)C=C)NC(C)=O)NC(C)=O. The molecular weight excluding hydrogens is 836 g/mol. The van der Waals surface area contributed by atoms with Crippen LogP contribution in [0.3, 0.4) is 0 Å². The first kappa shape index (κ1) is 57.6. The first-order chi connectivity index (χ1) is 30.1. The van der Waals surface area contributed by atoms with Crippen LogP contribution < -0.4 is 21.3 Å². The van der Waals surface area contributed by atoms with Gasteiger partial charge in [-0.15, -0.1) is 6.58 Å². The molecule has 0 spiro atoms. The second kappa shape index (κ2) is 36.1. The van der Waals surface area contributed by atoms with Crippen molar-refractivity contribution in [1.82, 2.24) is 21.3 Å². The number of carbonyl (C=O) groups is 7. The molecular formula is C41H66N4O18. The van der Waals surface area contributed by atoms with Crippen LogP contribution in [0.1, 0.15) is 53.4 Å². The lowest BCUT2D eigenvalue weighted by atomic mass is 9.92. The summed E-state index contributed by atoms with van der Waals surface area (Å²) in [4.78, 5) is 85.5. The van der Waals surface area contributed by atoms with Crippen molar-refractivity contribution in [3.63, 3.8) is 0 Å². The highest BCUT2D eigenvalue weighted by Gasteiger charge is 2.36. The monoisotopic (exact) mass is 902 g/mol. The van der Waals surface area contributed by atoms with Crippen molar-refractivity contribution in [3.05, 3.63) is 51.0 Å². The maximum absolute atomic E-state index is 13.3. The predicted molar refractivity (Wildman–Crippen MR) is 222 cm³/mol. The number of hydrogen-bond donors (Lipinski definition) is 4. The highest BCUT2D eigenvalue weighted by Crippen LogP contribution is 2.22. The Morgan fingerprint density at radius 1 is 0.492 bits per heavy atom. The highest BCUT2D eigenvalue weighted by atomic mass is 16.7. The van der Waals surface area contributed by atoms with Gasteiger partial charge in [0.25, 0.3) is 0 Å². The van der Waals surface area contributed by atoms with Crippen LogP contribution in [0.2, 0.25) is 0 Å². The van der Waals surface area contributed by atoms with Crippen LogP contribution in [0.25, 0.3) is 0 Å². The largest absolute Gasteiger partial charge is 0.476 e. The lowest BCUT2D eigenvalue weighted by Crippen LogP contribution is -2.45. The molecule has 4 amide bonds. The van der Waals surface area contributed by atoms with Crippen molar-refractivity contribution in [2.24, 2.45) is 5.41 Å². The van der Waals surface area contributed by atoms with Gasteiger partial charge in [0.2, 0.25) is 23.6 Å². The van der Waals surface area contributed by atoms with E-state index in [1.807, 2.05) is 0 Å². The molecule has 0 aromatic rings. The molecule has 0 aromatic heterocycles. The minimum atomic E-state index is -1.47. The fourth-order valence-corrected chi connectivity index (χ4v) is 5.18. The van der Waals surface area contributed by atoms with E-state index >= 15 is 0 Å². The number of carbonyl (C=O) groups excluding carboxylic acids is 7. The Morgan fingerprint density at radius 3 is 1.29 bits per heavy atom. The van der Waals surface area contributed by atoms with Gasteiger partial charge in [0.1, 0.15) is 33.4 Å². The zero-order valence-corrected chi connectivity index (χ0v) is 36.8. The molecule has 63 heavy (non-hydrogen) atoms. The Hall–Kier alpha value is -5.39. The Labute approximate surface area is 368 Å². The third kappa shape index (κ3) is 32.9. The quantitative estimate of drug-likeness (QED) is 0.0126. The average molecular weight is 903 g/mol. The van der Waals surface area contributed by atoms with E-state index in [1.54, 1.807) is 6.08 Å². The zero-order chi connectivity index (χ0) is 47.3. The predicted octanol–water partition coefficient (Wildman–Crippen LogP) is 0.803. The Morgan fingerprint density at radius 2 is 0.889 bits per heavy atom. The van der Waals surface area contributed by atoms with Gasteiger partial charge in [0.15, 0.2) is 13.6 Å². The molecule has 0 aromatic carbocycles. The third-order valence-corrected chi connectivity index (χ3v) is 7.81. The van der Waals surface area contributed by atoms with Crippen LogP contribution in [-0.4, -0.2) is 152 Å². The standard InChI is InChI=1S/C41H66N4O18/c1-9-13-14-34(42-30(5)46)15-39(51)62-24-41(22-59-28-57-19-36(44-32(7)48)17-55-26-53-11-3,23-60-29-58-20-37(45-33(8)49)18-56-27-54-12-4)25-63-40(52)16-35(43-31(6)47)21-61-38(50)10-2/h9-12,34-37H,1-4,13-29H2,5-8H3,(H,42,46)(H,43,47)(H,44,48)(H,45,49). The van der Waals surface area contributed by atoms with E-state index < -0.39 is 73.0 Å². The first-order valence-electron chi connectivity index (χ1n) is 19.8. The fourth-order valence-electron chi connectivity index (χ4n) is 5.18. The van der Waals surface area contributed by atoms with Crippen LogP contribution in [0.4, 0.5) is 0 Å². The van der Waals surface area contributed by atoms with Crippen molar-refractivity contribution in [2.75, 3.05) is 86.6 Å².